The zero-order chi connectivity index (χ0) is 18.5. The number of hydrogen-bond acceptors (Lipinski definition) is 5. The SMILES string of the molecule is Cc1noc(C)c1CSCC(=O)N1CCC(Nc2ccc(F)cc2)CC1. The molecular weight excluding hydrogens is 353 g/mol. The highest BCUT2D eigenvalue weighted by molar-refractivity contribution is 7.99. The molecule has 1 N–H and O–H groups in total. The van der Waals surface area contributed by atoms with Crippen molar-refractivity contribution in [3.8, 4) is 0 Å². The van der Waals surface area contributed by atoms with Crippen LogP contribution in [0, 0.1) is 19.7 Å². The van der Waals surface area contributed by atoms with Gasteiger partial charge in [-0.3, -0.25) is 4.79 Å². The van der Waals surface area contributed by atoms with Crippen molar-refractivity contribution in [3.05, 3.63) is 47.1 Å². The number of nitrogens with one attached hydrogen (secondary N) is 1. The van der Waals surface area contributed by atoms with Crippen LogP contribution in [0.15, 0.2) is 28.8 Å². The average molecular weight is 377 g/mol. The van der Waals surface area contributed by atoms with Crippen molar-refractivity contribution in [2.24, 2.45) is 0 Å². The first-order chi connectivity index (χ1) is 12.5. The van der Waals surface area contributed by atoms with E-state index in [2.05, 4.69) is 10.5 Å². The molecule has 5 nitrogen and oxygen atoms in total. The third-order valence-corrected chi connectivity index (χ3v) is 5.66. The van der Waals surface area contributed by atoms with E-state index < -0.39 is 0 Å². The van der Waals surface area contributed by atoms with Crippen molar-refractivity contribution >= 4 is 23.4 Å². The Bertz CT molecular complexity index is 720. The van der Waals surface area contributed by atoms with Gasteiger partial charge in [-0.25, -0.2) is 4.39 Å². The van der Waals surface area contributed by atoms with Crippen molar-refractivity contribution in [3.63, 3.8) is 0 Å². The molecule has 140 valence electrons. The Morgan fingerprint density at radius 3 is 2.62 bits per heavy atom. The quantitative estimate of drug-likeness (QED) is 0.830. The summed E-state index contributed by atoms with van der Waals surface area (Å²) in [4.78, 5) is 14.3. The van der Waals surface area contributed by atoms with Gasteiger partial charge in [-0.15, -0.1) is 11.8 Å². The predicted molar refractivity (Wildman–Crippen MR) is 102 cm³/mol. The third kappa shape index (κ3) is 4.78. The van der Waals surface area contributed by atoms with Crippen molar-refractivity contribution < 1.29 is 13.7 Å². The number of likely N-dealkylation sites (tertiary alicyclic amines) is 1. The molecule has 7 heteroatoms. The number of aryl methyl sites for hydroxylation is 2. The van der Waals surface area contributed by atoms with Gasteiger partial charge < -0.3 is 14.7 Å². The molecule has 0 saturated carbocycles. The second kappa shape index (κ2) is 8.58. The lowest BCUT2D eigenvalue weighted by atomic mass is 10.0. The van der Waals surface area contributed by atoms with E-state index in [4.69, 9.17) is 4.52 Å². The number of anilines is 1. The van der Waals surface area contributed by atoms with Crippen LogP contribution in [-0.2, 0) is 10.5 Å². The molecule has 1 saturated heterocycles. The Hall–Kier alpha value is -2.02. The summed E-state index contributed by atoms with van der Waals surface area (Å²) in [5.74, 6) is 2.00. The van der Waals surface area contributed by atoms with E-state index in [1.54, 1.807) is 23.9 Å². The summed E-state index contributed by atoms with van der Waals surface area (Å²) in [5.41, 5.74) is 2.91. The number of piperidine rings is 1. The highest BCUT2D eigenvalue weighted by Gasteiger charge is 2.22. The van der Waals surface area contributed by atoms with Gasteiger partial charge in [0.1, 0.15) is 11.6 Å². The van der Waals surface area contributed by atoms with Gasteiger partial charge in [-0.05, 0) is 51.0 Å². The van der Waals surface area contributed by atoms with E-state index in [1.807, 2.05) is 18.7 Å². The lowest BCUT2D eigenvalue weighted by Crippen LogP contribution is -2.43. The molecule has 1 aromatic heterocycles. The molecule has 0 atom stereocenters. The number of nitrogens with zero attached hydrogens (tertiary/aromatic N) is 2. The summed E-state index contributed by atoms with van der Waals surface area (Å²) < 4.78 is 18.1. The van der Waals surface area contributed by atoms with E-state index in [-0.39, 0.29) is 11.7 Å². The summed E-state index contributed by atoms with van der Waals surface area (Å²) in [6, 6.07) is 6.73. The van der Waals surface area contributed by atoms with Gasteiger partial charge >= 0.3 is 0 Å². The molecule has 1 fully saturated rings. The number of carbonyl (C=O) groups is 1. The molecule has 0 spiro atoms. The topological polar surface area (TPSA) is 58.4 Å². The Morgan fingerprint density at radius 2 is 2.00 bits per heavy atom. The Morgan fingerprint density at radius 1 is 1.31 bits per heavy atom. The zero-order valence-electron chi connectivity index (χ0n) is 15.1. The van der Waals surface area contributed by atoms with Crippen LogP contribution in [0.4, 0.5) is 10.1 Å². The van der Waals surface area contributed by atoms with Gasteiger partial charge in [0, 0.05) is 36.1 Å². The molecule has 0 radical (unpaired) electrons. The maximum atomic E-state index is 13.0. The molecule has 1 amide bonds. The number of aromatic nitrogens is 1. The fourth-order valence-electron chi connectivity index (χ4n) is 3.09. The largest absolute Gasteiger partial charge is 0.382 e. The van der Waals surface area contributed by atoms with Gasteiger partial charge in [0.05, 0.1) is 11.4 Å². The maximum Gasteiger partial charge on any atom is 0.232 e. The van der Waals surface area contributed by atoms with Crippen molar-refractivity contribution in [2.45, 2.75) is 38.5 Å². The molecule has 3 rings (SSSR count). The smallest absolute Gasteiger partial charge is 0.232 e. The molecule has 0 aliphatic carbocycles. The normalized spacial score (nSPS) is 15.3. The van der Waals surface area contributed by atoms with E-state index >= 15 is 0 Å². The average Bonchev–Trinajstić information content (AvgIpc) is 2.96. The number of carbonyl (C=O) groups excluding carboxylic acids is 1. The maximum absolute atomic E-state index is 13.0. The minimum Gasteiger partial charge on any atom is -0.382 e. The van der Waals surface area contributed by atoms with E-state index in [9.17, 15) is 9.18 Å². The molecule has 2 heterocycles. The first-order valence-corrected chi connectivity index (χ1v) is 9.98. The molecular formula is C19H24FN3O2S. The fraction of sp³-hybridized carbons (Fsp3) is 0.474. The zero-order valence-corrected chi connectivity index (χ0v) is 15.9. The van der Waals surface area contributed by atoms with Crippen molar-refractivity contribution in [2.75, 3.05) is 24.2 Å². The molecule has 1 aromatic carbocycles. The Labute approximate surface area is 157 Å². The molecule has 1 aliphatic heterocycles. The second-order valence-corrected chi connectivity index (χ2v) is 7.59. The minimum atomic E-state index is -0.231. The summed E-state index contributed by atoms with van der Waals surface area (Å²) in [5, 5.41) is 7.35. The third-order valence-electron chi connectivity index (χ3n) is 4.72. The summed E-state index contributed by atoms with van der Waals surface area (Å²) >= 11 is 1.60. The highest BCUT2D eigenvalue weighted by Crippen LogP contribution is 2.21. The number of benzene rings is 1. The predicted octanol–water partition coefficient (Wildman–Crippen LogP) is 3.77. The van der Waals surface area contributed by atoms with Crippen LogP contribution < -0.4 is 5.32 Å². The first-order valence-electron chi connectivity index (χ1n) is 8.82. The molecule has 0 bridgehead atoms. The second-order valence-electron chi connectivity index (χ2n) is 6.60. The lowest BCUT2D eigenvalue weighted by Gasteiger charge is -2.33. The highest BCUT2D eigenvalue weighted by atomic mass is 32.2. The van der Waals surface area contributed by atoms with Gasteiger partial charge in [0.15, 0.2) is 0 Å². The monoisotopic (exact) mass is 377 g/mol. The van der Waals surface area contributed by atoms with Crippen LogP contribution in [-0.4, -0.2) is 40.8 Å². The standard InChI is InChI=1S/C19H24FN3O2S/c1-13-18(14(2)25-22-13)11-26-12-19(24)23-9-7-17(8-10-23)21-16-5-3-15(20)4-6-16/h3-6,17,21H,7-12H2,1-2H3. The lowest BCUT2D eigenvalue weighted by molar-refractivity contribution is -0.129. The summed E-state index contributed by atoms with van der Waals surface area (Å²) in [7, 11) is 0. The molecule has 0 unspecified atom stereocenters. The van der Waals surface area contributed by atoms with E-state index in [1.165, 1.54) is 12.1 Å². The Balaban J connectivity index is 1.40. The number of amides is 1. The van der Waals surface area contributed by atoms with Gasteiger partial charge in [-0.1, -0.05) is 5.16 Å². The summed E-state index contributed by atoms with van der Waals surface area (Å²) in [6.45, 7) is 5.33. The van der Waals surface area contributed by atoms with Crippen LogP contribution in [0.25, 0.3) is 0 Å². The van der Waals surface area contributed by atoms with Gasteiger partial charge in [-0.2, -0.15) is 0 Å². The molecule has 2 aromatic rings. The minimum absolute atomic E-state index is 0.182. The number of halogens is 1. The fourth-order valence-corrected chi connectivity index (χ4v) is 4.17. The number of rotatable bonds is 6. The van der Waals surface area contributed by atoms with E-state index in [0.717, 1.165) is 54.4 Å². The van der Waals surface area contributed by atoms with Crippen molar-refractivity contribution in [1.82, 2.24) is 10.1 Å². The number of thioether (sulfide) groups is 1. The first kappa shape index (κ1) is 18.8. The van der Waals surface area contributed by atoms with Crippen molar-refractivity contribution in [1.29, 1.82) is 0 Å². The molecule has 26 heavy (non-hydrogen) atoms. The summed E-state index contributed by atoms with van der Waals surface area (Å²) in [6.07, 6.45) is 1.80. The van der Waals surface area contributed by atoms with Crippen LogP contribution in [0.3, 0.4) is 0 Å². The molecule has 1 aliphatic rings. The number of hydrogen-bond donors (Lipinski definition) is 1. The van der Waals surface area contributed by atoms with Gasteiger partial charge in [0.2, 0.25) is 5.91 Å². The van der Waals surface area contributed by atoms with Crippen LogP contribution in [0.5, 0.6) is 0 Å². The van der Waals surface area contributed by atoms with Crippen LogP contribution >= 0.6 is 11.8 Å². The van der Waals surface area contributed by atoms with Crippen LogP contribution in [0.2, 0.25) is 0 Å². The van der Waals surface area contributed by atoms with Gasteiger partial charge in [0.25, 0.3) is 0 Å². The van der Waals surface area contributed by atoms with Crippen LogP contribution in [0.1, 0.15) is 29.9 Å². The Kier molecular flexibility index (Phi) is 6.19. The van der Waals surface area contributed by atoms with E-state index in [0.29, 0.717) is 11.8 Å².